The number of sulfonamides is 2. The molecule has 0 radical (unpaired) electrons. The summed E-state index contributed by atoms with van der Waals surface area (Å²) in [6.45, 7) is 1.82. The van der Waals surface area contributed by atoms with Crippen LogP contribution in [0.3, 0.4) is 0 Å². The van der Waals surface area contributed by atoms with Gasteiger partial charge in [0.05, 0.1) is 16.1 Å². The van der Waals surface area contributed by atoms with Crippen molar-refractivity contribution < 1.29 is 30.0 Å². The molecule has 1 aliphatic heterocycles. The average Bonchev–Trinajstić information content (AvgIpc) is 2.52. The van der Waals surface area contributed by atoms with E-state index in [1.54, 1.807) is 24.3 Å². The van der Waals surface area contributed by atoms with Crippen LogP contribution in [0.4, 0.5) is 18.9 Å². The van der Waals surface area contributed by atoms with Gasteiger partial charge in [-0.2, -0.15) is 17.9 Å². The maximum Gasteiger partial charge on any atom is 0.417 e. The maximum atomic E-state index is 13.3. The Bertz CT molecular complexity index is 1110. The summed E-state index contributed by atoms with van der Waals surface area (Å²) in [5, 5.41) is 7.50. The lowest BCUT2D eigenvalue weighted by Crippen LogP contribution is -2.38. The Labute approximate surface area is 153 Å². The lowest BCUT2D eigenvalue weighted by molar-refractivity contribution is -0.139. The standard InChI is InChI=1S/C15H14F3N3O4S2/c1-8-2-4-9(5-3-8)14-20-11-6-10(15(16,17)18)12(26(19,22)23)7-13(11)27(24,25)21-14/h2-7,14,20-21H,1H3,(H2,19,22,23)/t14-/m0/s1. The molecule has 0 bridgehead atoms. The molecule has 7 nitrogen and oxygen atoms in total. The summed E-state index contributed by atoms with van der Waals surface area (Å²) in [7, 11) is -9.11. The Morgan fingerprint density at radius 1 is 1.11 bits per heavy atom. The monoisotopic (exact) mass is 421 g/mol. The van der Waals surface area contributed by atoms with Gasteiger partial charge >= 0.3 is 6.18 Å². The largest absolute Gasteiger partial charge is 0.417 e. The van der Waals surface area contributed by atoms with Crippen LogP contribution in [0.2, 0.25) is 0 Å². The molecule has 0 spiro atoms. The average molecular weight is 421 g/mol. The van der Waals surface area contributed by atoms with Gasteiger partial charge in [-0.1, -0.05) is 29.8 Å². The zero-order valence-corrected chi connectivity index (χ0v) is 15.3. The van der Waals surface area contributed by atoms with Gasteiger partial charge in [0, 0.05) is 0 Å². The van der Waals surface area contributed by atoms with E-state index in [9.17, 15) is 30.0 Å². The van der Waals surface area contributed by atoms with E-state index in [0.29, 0.717) is 17.7 Å². The molecule has 2 aromatic carbocycles. The van der Waals surface area contributed by atoms with E-state index < -0.39 is 47.7 Å². The number of fused-ring (bicyclic) bond motifs is 1. The molecular formula is C15H14F3N3O4S2. The van der Waals surface area contributed by atoms with E-state index in [-0.39, 0.29) is 5.69 Å². The molecule has 146 valence electrons. The van der Waals surface area contributed by atoms with Gasteiger partial charge in [0.25, 0.3) is 0 Å². The highest BCUT2D eigenvalue weighted by Crippen LogP contribution is 2.40. The van der Waals surface area contributed by atoms with Crippen molar-refractivity contribution in [2.45, 2.75) is 29.1 Å². The number of alkyl halides is 3. The highest BCUT2D eigenvalue weighted by molar-refractivity contribution is 7.90. The smallest absolute Gasteiger partial charge is 0.364 e. The van der Waals surface area contributed by atoms with Crippen LogP contribution < -0.4 is 15.2 Å². The lowest BCUT2D eigenvalue weighted by Gasteiger charge is -2.29. The van der Waals surface area contributed by atoms with Crippen molar-refractivity contribution in [2.75, 3.05) is 5.32 Å². The number of nitrogens with one attached hydrogen (secondary N) is 2. The number of anilines is 1. The maximum absolute atomic E-state index is 13.3. The number of nitrogens with two attached hydrogens (primary N) is 1. The minimum atomic E-state index is -5.05. The van der Waals surface area contributed by atoms with Crippen molar-refractivity contribution in [3.63, 3.8) is 0 Å². The Balaban J connectivity index is 2.20. The molecule has 27 heavy (non-hydrogen) atoms. The molecule has 1 atom stereocenters. The fourth-order valence-electron chi connectivity index (χ4n) is 2.67. The normalized spacial score (nSPS) is 19.2. The Hall–Kier alpha value is -2.15. The predicted molar refractivity (Wildman–Crippen MR) is 90.7 cm³/mol. The van der Waals surface area contributed by atoms with Crippen molar-refractivity contribution in [3.05, 3.63) is 53.1 Å². The first-order chi connectivity index (χ1) is 12.3. The first-order valence-corrected chi connectivity index (χ1v) is 10.5. The van der Waals surface area contributed by atoms with Crippen LogP contribution in [-0.4, -0.2) is 16.8 Å². The second-order valence-electron chi connectivity index (χ2n) is 6.00. The molecule has 4 N–H and O–H groups in total. The second-order valence-corrected chi connectivity index (χ2v) is 9.21. The molecule has 0 aliphatic carbocycles. The highest BCUT2D eigenvalue weighted by atomic mass is 32.2. The van der Waals surface area contributed by atoms with Gasteiger partial charge < -0.3 is 5.32 Å². The van der Waals surface area contributed by atoms with Crippen molar-refractivity contribution >= 4 is 25.7 Å². The van der Waals surface area contributed by atoms with Crippen LogP contribution in [0.1, 0.15) is 22.9 Å². The van der Waals surface area contributed by atoms with Gasteiger partial charge in [-0.25, -0.2) is 22.0 Å². The third kappa shape index (κ3) is 3.78. The van der Waals surface area contributed by atoms with E-state index in [2.05, 4.69) is 10.0 Å². The molecule has 0 amide bonds. The number of rotatable bonds is 2. The van der Waals surface area contributed by atoms with Crippen molar-refractivity contribution in [2.24, 2.45) is 5.14 Å². The Morgan fingerprint density at radius 3 is 2.22 bits per heavy atom. The molecule has 3 rings (SSSR count). The minimum Gasteiger partial charge on any atom is -0.364 e. The molecule has 1 heterocycles. The van der Waals surface area contributed by atoms with Crippen LogP contribution in [0.25, 0.3) is 0 Å². The molecule has 1 aliphatic rings. The van der Waals surface area contributed by atoms with E-state index in [1.165, 1.54) is 0 Å². The lowest BCUT2D eigenvalue weighted by atomic mass is 10.1. The fourth-order valence-corrected chi connectivity index (χ4v) is 4.82. The van der Waals surface area contributed by atoms with Crippen LogP contribution in [0.15, 0.2) is 46.2 Å². The van der Waals surface area contributed by atoms with Crippen molar-refractivity contribution in [1.82, 2.24) is 4.72 Å². The van der Waals surface area contributed by atoms with Gasteiger partial charge in [-0.3, -0.25) is 0 Å². The van der Waals surface area contributed by atoms with E-state index in [4.69, 9.17) is 5.14 Å². The molecule has 12 heteroatoms. The molecule has 0 unspecified atom stereocenters. The Kier molecular flexibility index (Phi) is 4.50. The van der Waals surface area contributed by atoms with Gasteiger partial charge in [0.2, 0.25) is 20.0 Å². The molecule has 0 saturated carbocycles. The number of hydrogen-bond acceptors (Lipinski definition) is 5. The number of hydrogen-bond donors (Lipinski definition) is 3. The molecule has 0 aromatic heterocycles. The van der Waals surface area contributed by atoms with Crippen LogP contribution in [0, 0.1) is 6.92 Å². The second kappa shape index (κ2) is 6.19. The minimum absolute atomic E-state index is 0.376. The molecule has 0 saturated heterocycles. The van der Waals surface area contributed by atoms with Gasteiger partial charge in [0.1, 0.15) is 11.1 Å². The SMILES string of the molecule is Cc1ccc([C@H]2Nc3cc(C(F)(F)F)c(S(N)(=O)=O)cc3S(=O)(=O)N2)cc1. The third-order valence-corrected chi connectivity index (χ3v) is 6.38. The first kappa shape index (κ1) is 19.6. The summed E-state index contributed by atoms with van der Waals surface area (Å²) in [5.41, 5.74) is -0.538. The number of halogens is 3. The summed E-state index contributed by atoms with van der Waals surface area (Å²) in [4.78, 5) is -1.95. The third-order valence-electron chi connectivity index (χ3n) is 3.97. The predicted octanol–water partition coefficient (Wildman–Crippen LogP) is 2.06. The van der Waals surface area contributed by atoms with Crippen LogP contribution >= 0.6 is 0 Å². The zero-order valence-electron chi connectivity index (χ0n) is 13.7. The van der Waals surface area contributed by atoms with E-state index >= 15 is 0 Å². The van der Waals surface area contributed by atoms with Gasteiger partial charge in [-0.15, -0.1) is 0 Å². The molecule has 2 aromatic rings. The number of benzene rings is 2. The number of primary sulfonamides is 1. The zero-order chi connectivity index (χ0) is 20.2. The van der Waals surface area contributed by atoms with Gasteiger partial charge in [0.15, 0.2) is 0 Å². The van der Waals surface area contributed by atoms with Crippen LogP contribution in [-0.2, 0) is 26.2 Å². The summed E-state index contributed by atoms with van der Waals surface area (Å²) in [6.07, 6.45) is -6.07. The summed E-state index contributed by atoms with van der Waals surface area (Å²) < 4.78 is 90.3. The van der Waals surface area contributed by atoms with Crippen molar-refractivity contribution in [1.29, 1.82) is 0 Å². The van der Waals surface area contributed by atoms with E-state index in [1.807, 2.05) is 6.92 Å². The topological polar surface area (TPSA) is 118 Å². The number of aryl methyl sites for hydroxylation is 1. The molecular weight excluding hydrogens is 407 g/mol. The fraction of sp³-hybridized carbons (Fsp3) is 0.200. The quantitative estimate of drug-likeness (QED) is 0.686. The van der Waals surface area contributed by atoms with E-state index in [0.717, 1.165) is 5.56 Å². The summed E-state index contributed by atoms with van der Waals surface area (Å²) in [6, 6.07) is 7.51. The summed E-state index contributed by atoms with van der Waals surface area (Å²) in [5.74, 6) is 0. The van der Waals surface area contributed by atoms with Gasteiger partial charge in [-0.05, 0) is 24.6 Å². The molecule has 0 fully saturated rings. The van der Waals surface area contributed by atoms with Crippen molar-refractivity contribution in [3.8, 4) is 0 Å². The Morgan fingerprint density at radius 2 is 1.70 bits per heavy atom. The first-order valence-electron chi connectivity index (χ1n) is 7.42. The highest BCUT2D eigenvalue weighted by Gasteiger charge is 2.40. The summed E-state index contributed by atoms with van der Waals surface area (Å²) >= 11 is 0. The van der Waals surface area contributed by atoms with Crippen LogP contribution in [0.5, 0.6) is 0 Å².